The van der Waals surface area contributed by atoms with E-state index in [9.17, 15) is 14.4 Å². The molecule has 2 aliphatic rings. The first-order chi connectivity index (χ1) is 25.8. The lowest BCUT2D eigenvalue weighted by atomic mass is 9.94. The molecule has 0 atom stereocenters. The highest BCUT2D eigenvalue weighted by atomic mass is 35.5. The van der Waals surface area contributed by atoms with Gasteiger partial charge in [0, 0.05) is 86.8 Å². The van der Waals surface area contributed by atoms with E-state index in [1.807, 2.05) is 4.90 Å². The molecule has 3 amide bonds. The molecule has 2 aliphatic heterocycles. The van der Waals surface area contributed by atoms with Gasteiger partial charge in [0.05, 0.1) is 55.4 Å². The second kappa shape index (κ2) is 14.7. The number of anilines is 1. The molecule has 5 aromatic rings. The third kappa shape index (κ3) is 7.23. The molecule has 2 aromatic carbocycles. The Morgan fingerprint density at radius 3 is 2.26 bits per heavy atom. The van der Waals surface area contributed by atoms with Gasteiger partial charge in [0.1, 0.15) is 0 Å². The minimum Gasteiger partial charge on any atom is -0.339 e. The number of nitrogens with zero attached hydrogens (tertiary/aromatic N) is 8. The Balaban J connectivity index is 0.995. The average Bonchev–Trinajstić information content (AvgIpc) is 3.74. The van der Waals surface area contributed by atoms with Crippen LogP contribution in [0.4, 0.5) is 14.5 Å². The van der Waals surface area contributed by atoms with E-state index in [0.717, 1.165) is 30.4 Å². The molecular weight excluding hydrogens is 716 g/mol. The fourth-order valence-electron chi connectivity index (χ4n) is 7.18. The summed E-state index contributed by atoms with van der Waals surface area (Å²) < 4.78 is 35.1. The summed E-state index contributed by atoms with van der Waals surface area (Å²) in [7, 11) is 5.90. The maximum atomic E-state index is 15.6. The van der Waals surface area contributed by atoms with Crippen LogP contribution in [0.15, 0.2) is 67.1 Å². The van der Waals surface area contributed by atoms with E-state index in [0.29, 0.717) is 48.9 Å². The molecule has 0 aliphatic carbocycles. The van der Waals surface area contributed by atoms with Gasteiger partial charge in [-0.2, -0.15) is 5.10 Å². The quantitative estimate of drug-likeness (QED) is 0.216. The number of likely N-dealkylation sites (tertiary alicyclic amines) is 1. The minimum absolute atomic E-state index is 0.0330. The van der Waals surface area contributed by atoms with Gasteiger partial charge in [-0.1, -0.05) is 23.7 Å². The smallest absolute Gasteiger partial charge is 0.291 e. The first-order valence-corrected chi connectivity index (χ1v) is 18.2. The monoisotopic (exact) mass is 756 g/mol. The van der Waals surface area contributed by atoms with Crippen molar-refractivity contribution in [2.24, 2.45) is 13.0 Å². The van der Waals surface area contributed by atoms with E-state index >= 15 is 8.78 Å². The van der Waals surface area contributed by atoms with Crippen LogP contribution in [0.2, 0.25) is 5.02 Å². The summed E-state index contributed by atoms with van der Waals surface area (Å²) in [6.45, 7) is 5.40. The van der Waals surface area contributed by atoms with Crippen molar-refractivity contribution >= 4 is 35.0 Å². The lowest BCUT2D eigenvalue weighted by Gasteiger charge is -2.40. The minimum atomic E-state index is -1.10. The number of halogens is 3. The van der Waals surface area contributed by atoms with Crippen LogP contribution in [0.25, 0.3) is 28.2 Å². The molecule has 2 fully saturated rings. The molecule has 280 valence electrons. The number of benzene rings is 2. The van der Waals surface area contributed by atoms with Crippen molar-refractivity contribution in [1.29, 1.82) is 0 Å². The first-order valence-electron chi connectivity index (χ1n) is 17.8. The zero-order valence-corrected chi connectivity index (χ0v) is 31.3. The number of carbonyl (C=O) groups excluding carboxylic acids is 3. The van der Waals surface area contributed by atoms with Gasteiger partial charge < -0.3 is 24.2 Å². The molecule has 1 N–H and O–H groups in total. The summed E-state index contributed by atoms with van der Waals surface area (Å²) in [5.41, 5.74) is 1.65. The van der Waals surface area contributed by atoms with E-state index < -0.39 is 17.5 Å². The van der Waals surface area contributed by atoms with Crippen LogP contribution >= 0.6 is 11.6 Å². The summed E-state index contributed by atoms with van der Waals surface area (Å²) in [6, 6.07) is 12.8. The topological polar surface area (TPSA) is 118 Å². The summed E-state index contributed by atoms with van der Waals surface area (Å²) in [4.78, 5) is 51.9. The van der Waals surface area contributed by atoms with Gasteiger partial charge in [-0.3, -0.25) is 14.4 Å². The van der Waals surface area contributed by atoms with Crippen LogP contribution in [0.3, 0.4) is 0 Å². The molecule has 5 heterocycles. The number of amides is 3. The van der Waals surface area contributed by atoms with Crippen molar-refractivity contribution in [2.45, 2.75) is 19.8 Å². The van der Waals surface area contributed by atoms with Crippen molar-refractivity contribution in [3.63, 3.8) is 0 Å². The molecule has 15 heteroatoms. The van der Waals surface area contributed by atoms with Crippen molar-refractivity contribution in [3.8, 4) is 28.2 Å². The Morgan fingerprint density at radius 2 is 1.57 bits per heavy atom. The Kier molecular flexibility index (Phi) is 10.1. The number of aromatic nitrogens is 5. The maximum Gasteiger partial charge on any atom is 0.291 e. The summed E-state index contributed by atoms with van der Waals surface area (Å²) in [5.74, 6) is -2.34. The fourth-order valence-corrected chi connectivity index (χ4v) is 7.44. The van der Waals surface area contributed by atoms with Crippen molar-refractivity contribution in [3.05, 3.63) is 101 Å². The molecule has 54 heavy (non-hydrogen) atoms. The number of piperazine rings is 1. The highest BCUT2D eigenvalue weighted by molar-refractivity contribution is 6.34. The highest BCUT2D eigenvalue weighted by Gasteiger charge is 2.35. The van der Waals surface area contributed by atoms with Gasteiger partial charge >= 0.3 is 0 Å². The number of pyridine rings is 1. The third-order valence-corrected chi connectivity index (χ3v) is 10.8. The Morgan fingerprint density at radius 1 is 0.889 bits per heavy atom. The van der Waals surface area contributed by atoms with Crippen LogP contribution in [-0.4, -0.2) is 110 Å². The number of rotatable bonds is 7. The molecule has 7 rings (SSSR count). The summed E-state index contributed by atoms with van der Waals surface area (Å²) in [6.07, 6.45) is 6.26. The molecule has 0 unspecified atom stereocenters. The molecule has 2 saturated heterocycles. The van der Waals surface area contributed by atoms with E-state index in [1.54, 1.807) is 54.5 Å². The van der Waals surface area contributed by atoms with Gasteiger partial charge in [-0.25, -0.2) is 23.4 Å². The number of hydrogen-bond acceptors (Lipinski definition) is 6. The standard InChI is InChI=1S/C39H40ClF2N9O3/c1-24-30(23-50(46-24)33-7-5-6-14-43-33)27-10-11-29(35(42)34(27)41)32-22-44-36(47(32)2)37(52)45-26-8-9-28(31(40)21-26)39(54)49-17-15-48(16-18-49)38(53)25-12-19-51(3,4)20-13-25/h5-11,14,21-23,25H,12-13,15-20H2,1-4H3/p+1. The lowest BCUT2D eigenvalue weighted by Crippen LogP contribution is -2.54. The van der Waals surface area contributed by atoms with Crippen LogP contribution in [0, 0.1) is 24.5 Å². The van der Waals surface area contributed by atoms with Gasteiger partial charge in [-0.15, -0.1) is 0 Å². The van der Waals surface area contributed by atoms with Gasteiger partial charge in [-0.05, 0) is 43.3 Å². The van der Waals surface area contributed by atoms with Gasteiger partial charge in [0.25, 0.3) is 11.8 Å². The number of imidazole rings is 1. The Hall–Kier alpha value is -5.47. The largest absolute Gasteiger partial charge is 0.339 e. The van der Waals surface area contributed by atoms with E-state index in [2.05, 4.69) is 34.5 Å². The number of piperidine rings is 1. The molecule has 0 bridgehead atoms. The van der Waals surface area contributed by atoms with Crippen LogP contribution in [0.5, 0.6) is 0 Å². The van der Waals surface area contributed by atoms with E-state index in [4.69, 9.17) is 11.6 Å². The van der Waals surface area contributed by atoms with Crippen molar-refractivity contribution < 1.29 is 27.6 Å². The number of hydrogen-bond donors (Lipinski definition) is 1. The number of nitrogens with one attached hydrogen (secondary N) is 1. The van der Waals surface area contributed by atoms with E-state index in [-0.39, 0.29) is 51.0 Å². The van der Waals surface area contributed by atoms with Crippen LogP contribution in [0.1, 0.15) is 39.5 Å². The summed E-state index contributed by atoms with van der Waals surface area (Å²) in [5, 5.41) is 7.29. The van der Waals surface area contributed by atoms with Crippen molar-refractivity contribution in [1.82, 2.24) is 34.1 Å². The molecule has 12 nitrogen and oxygen atoms in total. The van der Waals surface area contributed by atoms with Gasteiger partial charge in [0.2, 0.25) is 5.91 Å². The second-order valence-corrected chi connectivity index (χ2v) is 14.9. The maximum absolute atomic E-state index is 15.6. The molecule has 0 radical (unpaired) electrons. The Labute approximate surface area is 316 Å². The zero-order valence-electron chi connectivity index (χ0n) is 30.5. The first kappa shape index (κ1) is 36.9. The second-order valence-electron chi connectivity index (χ2n) is 14.5. The van der Waals surface area contributed by atoms with Crippen molar-refractivity contribution in [2.75, 3.05) is 58.7 Å². The normalized spacial score (nSPS) is 16.1. The molecule has 3 aromatic heterocycles. The van der Waals surface area contributed by atoms with Crippen LogP contribution < -0.4 is 5.32 Å². The Bertz CT molecular complexity index is 2240. The predicted octanol–water partition coefficient (Wildman–Crippen LogP) is 5.60. The third-order valence-electron chi connectivity index (χ3n) is 10.5. The number of carbonyl (C=O) groups is 3. The highest BCUT2D eigenvalue weighted by Crippen LogP contribution is 2.34. The van der Waals surface area contributed by atoms with Gasteiger partial charge in [0.15, 0.2) is 23.3 Å². The van der Waals surface area contributed by atoms with Crippen LogP contribution in [-0.2, 0) is 11.8 Å². The average molecular weight is 757 g/mol. The molecular formula is C39H41ClF2N9O3+. The molecule has 0 saturated carbocycles. The lowest BCUT2D eigenvalue weighted by molar-refractivity contribution is -0.895. The fraction of sp³-hybridized carbons (Fsp3) is 0.333. The number of aryl methyl sites for hydroxylation is 1. The number of quaternary nitrogens is 1. The zero-order chi connectivity index (χ0) is 38.3. The summed E-state index contributed by atoms with van der Waals surface area (Å²) >= 11 is 6.55. The molecule has 0 spiro atoms. The van der Waals surface area contributed by atoms with E-state index in [1.165, 1.54) is 40.7 Å². The predicted molar refractivity (Wildman–Crippen MR) is 200 cm³/mol. The SMILES string of the molecule is Cc1nn(-c2ccccn2)cc1-c1ccc(-c2cnc(C(=O)Nc3ccc(C(=O)N4CCN(C(=O)C5CC[N+](C)(C)CC5)CC4)c(Cl)c3)n2C)c(F)c1F.